The SMILES string of the molecule is CCn1nccc1[S+](=O)([O-])Nc1ccc(C2CC(=O)NC(=O)C2)cc1. The fourth-order valence-electron chi connectivity index (χ4n) is 2.83. The average molecular weight is 362 g/mol. The lowest BCUT2D eigenvalue weighted by Gasteiger charge is -2.21. The van der Waals surface area contributed by atoms with Gasteiger partial charge in [0.25, 0.3) is 5.03 Å². The molecular formula is C16H18N4O4S. The topological polar surface area (TPSA) is 116 Å². The number of hydrogen-bond donors (Lipinski definition) is 2. The van der Waals surface area contributed by atoms with Crippen LogP contribution in [0.4, 0.5) is 5.69 Å². The number of aromatic nitrogens is 2. The molecule has 1 aliphatic heterocycles. The number of carbonyl (C=O) groups excluding carboxylic acids is 2. The zero-order chi connectivity index (χ0) is 18.0. The van der Waals surface area contributed by atoms with Crippen molar-refractivity contribution in [3.8, 4) is 0 Å². The van der Waals surface area contributed by atoms with Crippen LogP contribution in [-0.4, -0.2) is 26.1 Å². The Morgan fingerprint density at radius 1 is 1.24 bits per heavy atom. The van der Waals surface area contributed by atoms with Gasteiger partial charge in [-0.25, -0.2) is 9.40 Å². The van der Waals surface area contributed by atoms with Crippen LogP contribution in [0, 0.1) is 0 Å². The minimum atomic E-state index is -3.74. The van der Waals surface area contributed by atoms with E-state index in [0.29, 0.717) is 12.2 Å². The first-order chi connectivity index (χ1) is 11.9. The summed E-state index contributed by atoms with van der Waals surface area (Å²) < 4.78 is 28.8. The maximum absolute atomic E-state index is 12.4. The van der Waals surface area contributed by atoms with E-state index in [9.17, 15) is 18.4 Å². The van der Waals surface area contributed by atoms with Crippen LogP contribution in [0.3, 0.4) is 0 Å². The summed E-state index contributed by atoms with van der Waals surface area (Å²) in [5.41, 5.74) is 1.23. The number of rotatable bonds is 5. The number of carbonyl (C=O) groups is 2. The number of piperidine rings is 1. The van der Waals surface area contributed by atoms with Crippen LogP contribution >= 0.6 is 0 Å². The fourth-order valence-corrected chi connectivity index (χ4v) is 4.07. The molecule has 25 heavy (non-hydrogen) atoms. The zero-order valence-corrected chi connectivity index (χ0v) is 14.4. The van der Waals surface area contributed by atoms with Gasteiger partial charge in [-0.1, -0.05) is 16.3 Å². The number of imide groups is 1. The van der Waals surface area contributed by atoms with E-state index in [0.717, 1.165) is 5.56 Å². The van der Waals surface area contributed by atoms with Crippen LogP contribution in [0.25, 0.3) is 0 Å². The maximum atomic E-state index is 12.4. The van der Waals surface area contributed by atoms with Crippen molar-refractivity contribution in [1.29, 1.82) is 0 Å². The lowest BCUT2D eigenvalue weighted by Crippen LogP contribution is -2.37. The highest BCUT2D eigenvalue weighted by Gasteiger charge is 2.27. The van der Waals surface area contributed by atoms with E-state index in [1.165, 1.54) is 16.9 Å². The summed E-state index contributed by atoms with van der Waals surface area (Å²) in [6, 6.07) is 8.14. The van der Waals surface area contributed by atoms with Crippen molar-refractivity contribution in [2.24, 2.45) is 0 Å². The predicted molar refractivity (Wildman–Crippen MR) is 90.2 cm³/mol. The van der Waals surface area contributed by atoms with Gasteiger partial charge in [0.15, 0.2) is 10.4 Å². The molecule has 0 spiro atoms. The summed E-state index contributed by atoms with van der Waals surface area (Å²) in [7, 11) is -3.74. The maximum Gasteiger partial charge on any atom is 0.270 e. The summed E-state index contributed by atoms with van der Waals surface area (Å²) in [6.45, 7) is 2.25. The number of nitrogens with zero attached hydrogens (tertiary/aromatic N) is 2. The average Bonchev–Trinajstić information content (AvgIpc) is 3.04. The van der Waals surface area contributed by atoms with Crippen LogP contribution in [0.5, 0.6) is 0 Å². The van der Waals surface area contributed by atoms with Gasteiger partial charge in [0.05, 0.1) is 11.9 Å². The quantitative estimate of drug-likeness (QED) is 0.617. The molecule has 1 atom stereocenters. The van der Waals surface area contributed by atoms with E-state index in [4.69, 9.17) is 0 Å². The Hall–Kier alpha value is -2.52. The molecular weight excluding hydrogens is 344 g/mol. The van der Waals surface area contributed by atoms with E-state index in [1.807, 2.05) is 6.92 Å². The molecule has 0 aliphatic carbocycles. The molecule has 1 fully saturated rings. The van der Waals surface area contributed by atoms with E-state index in [2.05, 4.69) is 15.1 Å². The molecule has 2 N–H and O–H groups in total. The van der Waals surface area contributed by atoms with Gasteiger partial charge < -0.3 is 4.55 Å². The monoisotopic (exact) mass is 362 g/mol. The van der Waals surface area contributed by atoms with Crippen molar-refractivity contribution in [3.05, 3.63) is 42.1 Å². The number of benzene rings is 1. The summed E-state index contributed by atoms with van der Waals surface area (Å²) in [5, 5.41) is 6.32. The standard InChI is InChI=1S/C16H18N4O4S/c1-2-20-16(7-8-17-20)25(23,24)19-13-5-3-11(4-6-13)12-9-14(21)18-15(22)10-12/h3-8,12H,2,9-10H2,1H3,(H2-,18,19,21,22,23,24). The number of nitrogens with one attached hydrogen (secondary N) is 2. The molecule has 2 aromatic rings. The largest absolute Gasteiger partial charge is 0.587 e. The van der Waals surface area contributed by atoms with Crippen molar-refractivity contribution in [2.45, 2.75) is 37.3 Å². The molecule has 9 heteroatoms. The second kappa shape index (κ2) is 6.77. The van der Waals surface area contributed by atoms with Crippen LogP contribution in [-0.2, 0) is 30.7 Å². The number of aryl methyl sites for hydroxylation is 1. The first-order valence-corrected chi connectivity index (χ1v) is 9.34. The zero-order valence-electron chi connectivity index (χ0n) is 13.6. The van der Waals surface area contributed by atoms with Crippen molar-refractivity contribution in [2.75, 3.05) is 4.72 Å². The Bertz CT molecular complexity index is 830. The highest BCUT2D eigenvalue weighted by atomic mass is 32.3. The normalized spacial score (nSPS) is 17.8. The van der Waals surface area contributed by atoms with Crippen molar-refractivity contribution in [3.63, 3.8) is 0 Å². The lowest BCUT2D eigenvalue weighted by atomic mass is 9.89. The minimum absolute atomic E-state index is 0.0913. The lowest BCUT2D eigenvalue weighted by molar-refractivity contribution is -0.133. The van der Waals surface area contributed by atoms with E-state index in [1.54, 1.807) is 24.3 Å². The third kappa shape index (κ3) is 3.77. The first kappa shape index (κ1) is 17.3. The minimum Gasteiger partial charge on any atom is -0.587 e. The third-order valence-corrected chi connectivity index (χ3v) is 5.43. The van der Waals surface area contributed by atoms with Gasteiger partial charge in [0.2, 0.25) is 11.8 Å². The molecule has 1 aromatic carbocycles. The van der Waals surface area contributed by atoms with Gasteiger partial charge in [-0.2, -0.15) is 5.10 Å². The van der Waals surface area contributed by atoms with E-state index < -0.39 is 10.4 Å². The van der Waals surface area contributed by atoms with Gasteiger partial charge in [0.1, 0.15) is 0 Å². The summed E-state index contributed by atoms with van der Waals surface area (Å²) >= 11 is 0. The summed E-state index contributed by atoms with van der Waals surface area (Å²) in [6.07, 6.45) is 1.92. The van der Waals surface area contributed by atoms with Gasteiger partial charge in [0, 0.05) is 31.4 Å². The van der Waals surface area contributed by atoms with Gasteiger partial charge in [-0.3, -0.25) is 14.9 Å². The van der Waals surface area contributed by atoms with Crippen molar-refractivity contribution >= 4 is 27.9 Å². The van der Waals surface area contributed by atoms with Gasteiger partial charge in [-0.15, -0.1) is 0 Å². The molecule has 3 rings (SSSR count). The molecule has 2 heterocycles. The smallest absolute Gasteiger partial charge is 0.270 e. The molecule has 1 aromatic heterocycles. The molecule has 8 nitrogen and oxygen atoms in total. The second-order valence-electron chi connectivity index (χ2n) is 5.79. The van der Waals surface area contributed by atoms with Crippen molar-refractivity contribution in [1.82, 2.24) is 15.1 Å². The molecule has 0 radical (unpaired) electrons. The number of amides is 2. The highest BCUT2D eigenvalue weighted by molar-refractivity contribution is 7.98. The summed E-state index contributed by atoms with van der Waals surface area (Å²) in [4.78, 5) is 22.9. The number of anilines is 1. The van der Waals surface area contributed by atoms with Crippen LogP contribution in [0.2, 0.25) is 0 Å². The van der Waals surface area contributed by atoms with Crippen LogP contribution < -0.4 is 10.0 Å². The molecule has 2 amide bonds. The highest BCUT2D eigenvalue weighted by Crippen LogP contribution is 2.28. The molecule has 0 saturated carbocycles. The van der Waals surface area contributed by atoms with E-state index in [-0.39, 0.29) is 35.6 Å². The Morgan fingerprint density at radius 2 is 1.88 bits per heavy atom. The Balaban J connectivity index is 1.75. The fraction of sp³-hybridized carbons (Fsp3) is 0.312. The van der Waals surface area contributed by atoms with Crippen LogP contribution in [0.1, 0.15) is 31.2 Å². The predicted octanol–water partition coefficient (Wildman–Crippen LogP) is 1.44. The molecule has 1 unspecified atom stereocenters. The van der Waals surface area contributed by atoms with E-state index >= 15 is 0 Å². The molecule has 1 saturated heterocycles. The second-order valence-corrected chi connectivity index (χ2v) is 7.42. The Morgan fingerprint density at radius 3 is 2.48 bits per heavy atom. The third-order valence-electron chi connectivity index (χ3n) is 4.03. The van der Waals surface area contributed by atoms with Crippen LogP contribution in [0.15, 0.2) is 41.6 Å². The van der Waals surface area contributed by atoms with Crippen molar-refractivity contribution < 1.29 is 18.4 Å². The molecule has 1 aliphatic rings. The number of sulfonamides is 1. The molecule has 0 bridgehead atoms. The first-order valence-electron chi connectivity index (χ1n) is 7.86. The summed E-state index contributed by atoms with van der Waals surface area (Å²) in [5.74, 6) is -0.772. The Labute approximate surface area is 146 Å². The van der Waals surface area contributed by atoms with Gasteiger partial charge in [-0.05, 0) is 24.6 Å². The van der Waals surface area contributed by atoms with Gasteiger partial charge >= 0.3 is 0 Å². The number of hydrogen-bond acceptors (Lipinski definition) is 5. The Kier molecular flexibility index (Phi) is 4.69. The molecule has 132 valence electrons.